The molecule has 2 N–H and O–H groups in total. The Morgan fingerprint density at radius 1 is 1.17 bits per heavy atom. The highest BCUT2D eigenvalue weighted by molar-refractivity contribution is 7.80. The molecule has 1 heterocycles. The van der Waals surface area contributed by atoms with Gasteiger partial charge in [-0.15, -0.1) is 0 Å². The molecule has 0 saturated carbocycles. The van der Waals surface area contributed by atoms with Gasteiger partial charge in [-0.25, -0.2) is 0 Å². The van der Waals surface area contributed by atoms with Crippen LogP contribution >= 0.6 is 12.2 Å². The summed E-state index contributed by atoms with van der Waals surface area (Å²) in [5.41, 5.74) is 3.74. The summed E-state index contributed by atoms with van der Waals surface area (Å²) in [5, 5.41) is 4.25. The van der Waals surface area contributed by atoms with Crippen LogP contribution in [0.5, 0.6) is 0 Å². The third-order valence-corrected chi connectivity index (χ3v) is 5.09. The van der Waals surface area contributed by atoms with Crippen molar-refractivity contribution in [1.82, 2.24) is 4.90 Å². The SMILES string of the molecule is CCc1ccc(NC(=S)N2CC[NH+](C)C[C@H]2c2ccccc2)cc1. The largest absolute Gasteiger partial charge is 0.334 e. The first-order valence-corrected chi connectivity index (χ1v) is 9.11. The maximum Gasteiger partial charge on any atom is 0.174 e. The number of thiocarbonyl (C=S) groups is 1. The maximum atomic E-state index is 5.74. The van der Waals surface area contributed by atoms with E-state index in [1.165, 1.54) is 11.1 Å². The second-order valence-corrected chi connectivity index (χ2v) is 6.90. The van der Waals surface area contributed by atoms with Crippen LogP contribution in [0.3, 0.4) is 0 Å². The van der Waals surface area contributed by atoms with Crippen molar-refractivity contribution in [2.45, 2.75) is 19.4 Å². The maximum absolute atomic E-state index is 5.74. The first-order valence-electron chi connectivity index (χ1n) is 8.70. The van der Waals surface area contributed by atoms with Crippen LogP contribution in [0, 0.1) is 0 Å². The molecule has 0 aliphatic carbocycles. The monoisotopic (exact) mass is 340 g/mol. The third kappa shape index (κ3) is 3.94. The minimum atomic E-state index is 0.329. The van der Waals surface area contributed by atoms with Gasteiger partial charge in [0, 0.05) is 5.69 Å². The van der Waals surface area contributed by atoms with Crippen molar-refractivity contribution >= 4 is 23.0 Å². The Hall–Kier alpha value is -1.91. The molecule has 1 unspecified atom stereocenters. The van der Waals surface area contributed by atoms with Gasteiger partial charge in [-0.3, -0.25) is 0 Å². The molecular formula is C20H26N3S+. The van der Waals surface area contributed by atoms with Gasteiger partial charge in [-0.1, -0.05) is 49.4 Å². The molecule has 126 valence electrons. The molecule has 4 heteroatoms. The standard InChI is InChI=1S/C20H25N3S/c1-3-16-9-11-18(12-10-16)21-20(24)23-14-13-22(2)15-19(23)17-7-5-4-6-8-17/h4-12,19H,3,13-15H2,1-2H3,(H,21,24)/p+1/t19-/m0/s1. The van der Waals surface area contributed by atoms with Crippen molar-refractivity contribution in [3.8, 4) is 0 Å². The Kier molecular flexibility index (Phi) is 5.48. The number of hydrogen-bond acceptors (Lipinski definition) is 1. The topological polar surface area (TPSA) is 19.7 Å². The van der Waals surface area contributed by atoms with Gasteiger partial charge in [0.2, 0.25) is 0 Å². The Balaban J connectivity index is 1.75. The van der Waals surface area contributed by atoms with Crippen LogP contribution in [0.1, 0.15) is 24.1 Å². The fourth-order valence-electron chi connectivity index (χ4n) is 3.24. The summed E-state index contributed by atoms with van der Waals surface area (Å²) < 4.78 is 0. The Morgan fingerprint density at radius 2 is 1.88 bits per heavy atom. The lowest BCUT2D eigenvalue weighted by molar-refractivity contribution is -0.887. The van der Waals surface area contributed by atoms with E-state index >= 15 is 0 Å². The lowest BCUT2D eigenvalue weighted by Crippen LogP contribution is -3.12. The molecule has 1 aliphatic heterocycles. The Morgan fingerprint density at radius 3 is 2.54 bits per heavy atom. The Bertz CT molecular complexity index is 669. The fourth-order valence-corrected chi connectivity index (χ4v) is 3.58. The molecule has 0 amide bonds. The molecule has 1 saturated heterocycles. The number of anilines is 1. The first-order chi connectivity index (χ1) is 11.7. The highest BCUT2D eigenvalue weighted by atomic mass is 32.1. The van der Waals surface area contributed by atoms with Crippen molar-refractivity contribution in [3.63, 3.8) is 0 Å². The summed E-state index contributed by atoms with van der Waals surface area (Å²) in [6, 6.07) is 19.6. The van der Waals surface area contributed by atoms with Gasteiger partial charge in [0.15, 0.2) is 5.11 Å². The van der Waals surface area contributed by atoms with Crippen LogP contribution in [-0.4, -0.2) is 36.7 Å². The number of likely N-dealkylation sites (N-methyl/N-ethyl adjacent to an activating group) is 1. The van der Waals surface area contributed by atoms with Crippen molar-refractivity contribution in [2.75, 3.05) is 32.0 Å². The highest BCUT2D eigenvalue weighted by Crippen LogP contribution is 2.22. The average molecular weight is 341 g/mol. The normalized spacial score (nSPS) is 20.7. The van der Waals surface area contributed by atoms with Gasteiger partial charge in [0.25, 0.3) is 0 Å². The van der Waals surface area contributed by atoms with E-state index in [9.17, 15) is 0 Å². The second-order valence-electron chi connectivity index (χ2n) is 6.51. The van der Waals surface area contributed by atoms with Crippen molar-refractivity contribution < 1.29 is 4.90 Å². The minimum Gasteiger partial charge on any atom is -0.334 e. The van der Waals surface area contributed by atoms with Crippen molar-refractivity contribution in [1.29, 1.82) is 0 Å². The first kappa shape index (κ1) is 16.9. The van der Waals surface area contributed by atoms with E-state index in [2.05, 4.69) is 78.8 Å². The number of nitrogens with one attached hydrogen (secondary N) is 2. The van der Waals surface area contributed by atoms with E-state index < -0.39 is 0 Å². The number of piperazine rings is 1. The van der Waals surface area contributed by atoms with Gasteiger partial charge >= 0.3 is 0 Å². The van der Waals surface area contributed by atoms with Crippen LogP contribution in [-0.2, 0) is 6.42 Å². The van der Waals surface area contributed by atoms with Gasteiger partial charge in [-0.05, 0) is 41.9 Å². The third-order valence-electron chi connectivity index (χ3n) is 4.76. The van der Waals surface area contributed by atoms with Gasteiger partial charge in [0.05, 0.1) is 20.1 Å². The van der Waals surface area contributed by atoms with Gasteiger partial charge < -0.3 is 15.1 Å². The number of quaternary nitrogens is 1. The van der Waals surface area contributed by atoms with Crippen molar-refractivity contribution in [3.05, 3.63) is 65.7 Å². The van der Waals surface area contributed by atoms with E-state index in [4.69, 9.17) is 12.2 Å². The summed E-state index contributed by atoms with van der Waals surface area (Å²) in [4.78, 5) is 3.89. The molecule has 24 heavy (non-hydrogen) atoms. The minimum absolute atomic E-state index is 0.329. The fraction of sp³-hybridized carbons (Fsp3) is 0.350. The molecular weight excluding hydrogens is 314 g/mol. The van der Waals surface area contributed by atoms with Gasteiger partial charge in [-0.2, -0.15) is 0 Å². The predicted molar refractivity (Wildman–Crippen MR) is 105 cm³/mol. The molecule has 0 radical (unpaired) electrons. The zero-order valence-electron chi connectivity index (χ0n) is 14.5. The summed E-state index contributed by atoms with van der Waals surface area (Å²) >= 11 is 5.74. The molecule has 2 atom stereocenters. The van der Waals surface area contributed by atoms with Crippen LogP contribution in [0.25, 0.3) is 0 Å². The number of nitrogens with zero attached hydrogens (tertiary/aromatic N) is 1. The number of aryl methyl sites for hydroxylation is 1. The van der Waals surface area contributed by atoms with Gasteiger partial charge in [0.1, 0.15) is 12.6 Å². The van der Waals surface area contributed by atoms with Crippen molar-refractivity contribution in [2.24, 2.45) is 0 Å². The molecule has 0 bridgehead atoms. The zero-order chi connectivity index (χ0) is 16.9. The van der Waals surface area contributed by atoms with E-state index in [0.717, 1.165) is 36.9 Å². The molecule has 3 nitrogen and oxygen atoms in total. The van der Waals surface area contributed by atoms with E-state index in [-0.39, 0.29) is 0 Å². The lowest BCUT2D eigenvalue weighted by Gasteiger charge is -2.39. The van der Waals surface area contributed by atoms with E-state index in [1.807, 2.05) is 0 Å². The van der Waals surface area contributed by atoms with Crippen LogP contribution in [0.2, 0.25) is 0 Å². The Labute approximate surface area is 150 Å². The summed E-state index contributed by atoms with van der Waals surface area (Å²) in [6.45, 7) is 5.33. The van der Waals surface area contributed by atoms with Crippen LogP contribution < -0.4 is 10.2 Å². The quantitative estimate of drug-likeness (QED) is 0.838. The van der Waals surface area contributed by atoms with Crippen LogP contribution in [0.15, 0.2) is 54.6 Å². The molecule has 2 aromatic rings. The predicted octanol–water partition coefficient (Wildman–Crippen LogP) is 2.52. The molecule has 3 rings (SSSR count). The number of hydrogen-bond donors (Lipinski definition) is 2. The molecule has 0 aromatic heterocycles. The van der Waals surface area contributed by atoms with Crippen LogP contribution in [0.4, 0.5) is 5.69 Å². The molecule has 1 aliphatic rings. The highest BCUT2D eigenvalue weighted by Gasteiger charge is 2.30. The summed E-state index contributed by atoms with van der Waals surface area (Å²) in [5.74, 6) is 0. The van der Waals surface area contributed by atoms with E-state index in [0.29, 0.717) is 6.04 Å². The summed E-state index contributed by atoms with van der Waals surface area (Å²) in [7, 11) is 2.26. The number of rotatable bonds is 3. The molecule has 0 spiro atoms. The molecule has 2 aromatic carbocycles. The average Bonchev–Trinajstić information content (AvgIpc) is 2.63. The lowest BCUT2D eigenvalue weighted by atomic mass is 10.0. The molecule has 1 fully saturated rings. The summed E-state index contributed by atoms with van der Waals surface area (Å²) in [6.07, 6.45) is 1.06. The number of benzene rings is 2. The zero-order valence-corrected chi connectivity index (χ0v) is 15.3. The van der Waals surface area contributed by atoms with E-state index in [1.54, 1.807) is 4.90 Å². The smallest absolute Gasteiger partial charge is 0.174 e. The second kappa shape index (κ2) is 7.77.